The van der Waals surface area contributed by atoms with E-state index >= 15 is 0 Å². The molecule has 0 saturated carbocycles. The fraction of sp³-hybridized carbons (Fsp3) is 0.467. The molecule has 0 aliphatic carbocycles. The van der Waals surface area contributed by atoms with Crippen LogP contribution in [0.4, 0.5) is 8.78 Å². The minimum Gasteiger partial charge on any atom is -0.508 e. The third-order valence-electron chi connectivity index (χ3n) is 8.56. The van der Waals surface area contributed by atoms with Crippen LogP contribution in [0.25, 0.3) is 0 Å². The average Bonchev–Trinajstić information content (AvgIpc) is 2.97. The lowest BCUT2D eigenvalue weighted by molar-refractivity contribution is 0.314. The lowest BCUT2D eigenvalue weighted by Crippen LogP contribution is -2.46. The van der Waals surface area contributed by atoms with Gasteiger partial charge in [0.2, 0.25) is 20.0 Å². The van der Waals surface area contributed by atoms with Gasteiger partial charge in [0.1, 0.15) is 26.9 Å². The highest BCUT2D eigenvalue weighted by Crippen LogP contribution is 2.38. The van der Waals surface area contributed by atoms with Crippen molar-refractivity contribution in [2.45, 2.75) is 62.1 Å². The van der Waals surface area contributed by atoms with E-state index in [1.54, 1.807) is 53.7 Å². The molecule has 0 unspecified atom stereocenters. The maximum Gasteiger partial charge on any atom is 0.224 e. The van der Waals surface area contributed by atoms with Gasteiger partial charge in [-0.1, -0.05) is 29.1 Å². The highest BCUT2D eigenvalue weighted by atomic mass is 79.9. The summed E-state index contributed by atoms with van der Waals surface area (Å²) in [4.78, 5) is 0. The monoisotopic (exact) mass is 718 g/mol. The number of nitrogens with one attached hydrogen (secondary N) is 2. The van der Waals surface area contributed by atoms with Crippen LogP contribution >= 0.6 is 15.9 Å². The van der Waals surface area contributed by atoms with Gasteiger partial charge >= 0.3 is 0 Å². The number of nitrogens with zero attached hydrogens (tertiary/aromatic N) is 2. The van der Waals surface area contributed by atoms with Crippen molar-refractivity contribution in [1.82, 2.24) is 19.2 Å². The molecule has 2 aliphatic rings. The molecule has 2 heterocycles. The number of likely N-dealkylation sites (N-methyl/N-ethyl adjacent to an activating group) is 2. The summed E-state index contributed by atoms with van der Waals surface area (Å²) < 4.78 is 79.9. The van der Waals surface area contributed by atoms with Gasteiger partial charge in [-0.2, -0.15) is 0 Å². The second-order valence-corrected chi connectivity index (χ2v) is 18.8. The van der Waals surface area contributed by atoms with Crippen molar-refractivity contribution in [2.24, 2.45) is 0 Å². The first kappa shape index (κ1) is 36.0. The minimum absolute atomic E-state index is 0.0121. The van der Waals surface area contributed by atoms with E-state index in [0.717, 1.165) is 10.5 Å². The van der Waals surface area contributed by atoms with Gasteiger partial charge in [-0.25, -0.2) is 34.2 Å². The van der Waals surface area contributed by atoms with Gasteiger partial charge in [-0.3, -0.25) is 0 Å². The van der Waals surface area contributed by atoms with Crippen molar-refractivity contribution < 1.29 is 30.7 Å². The van der Waals surface area contributed by atoms with Gasteiger partial charge < -0.3 is 15.7 Å². The first-order valence-electron chi connectivity index (χ1n) is 13.6. The molecular weight excluding hydrogens is 678 g/mol. The van der Waals surface area contributed by atoms with Crippen LogP contribution in [0.15, 0.2) is 65.4 Å². The van der Waals surface area contributed by atoms with E-state index in [2.05, 4.69) is 39.7 Å². The average molecular weight is 720 g/mol. The van der Waals surface area contributed by atoms with Crippen molar-refractivity contribution in [3.05, 3.63) is 88.2 Å². The van der Waals surface area contributed by atoms with E-state index in [4.69, 9.17) is 0 Å². The second-order valence-electron chi connectivity index (χ2n) is 12.7. The van der Waals surface area contributed by atoms with Crippen LogP contribution in [-0.2, 0) is 31.1 Å². The maximum atomic E-state index is 14.3. The number of hydrogen-bond acceptors (Lipinski definition) is 7. The van der Waals surface area contributed by atoms with Crippen molar-refractivity contribution in [3.63, 3.8) is 0 Å². The fourth-order valence-corrected chi connectivity index (χ4v) is 8.86. The first-order chi connectivity index (χ1) is 19.8. The van der Waals surface area contributed by atoms with E-state index in [-0.39, 0.29) is 30.1 Å². The molecule has 0 aromatic heterocycles. The van der Waals surface area contributed by atoms with Gasteiger partial charge in [0.05, 0.1) is 11.1 Å². The van der Waals surface area contributed by atoms with E-state index in [0.29, 0.717) is 11.3 Å². The van der Waals surface area contributed by atoms with E-state index in [9.17, 15) is 30.7 Å². The number of aromatic hydroxyl groups is 1. The fourth-order valence-electron chi connectivity index (χ4n) is 5.36. The molecule has 0 bridgehead atoms. The number of halogens is 3. The summed E-state index contributed by atoms with van der Waals surface area (Å²) in [5, 5.41) is 15.8. The van der Waals surface area contributed by atoms with Crippen LogP contribution in [0.5, 0.6) is 5.75 Å². The summed E-state index contributed by atoms with van der Waals surface area (Å²) >= 11 is 3.33. The van der Waals surface area contributed by atoms with E-state index in [1.165, 1.54) is 40.9 Å². The molecule has 2 atom stereocenters. The highest BCUT2D eigenvalue weighted by Gasteiger charge is 2.49. The van der Waals surface area contributed by atoms with Gasteiger partial charge in [-0.15, -0.1) is 0 Å². The SMILES string of the molecule is C=C1N[C@](C)(c2cc(Br)ccc2F)CN(C)S(=O)(=O)C1(C)C.C=C1N[C@](C)(c2cc(O)ccc2F)CN(C)S(=O)(=O)C1(C)C. The first-order valence-corrected chi connectivity index (χ1v) is 17.3. The number of phenols is 1. The quantitative estimate of drug-likeness (QED) is 0.406. The Bertz CT molecular complexity index is 1590. The zero-order valence-corrected chi connectivity index (χ0v) is 29.4. The predicted molar refractivity (Wildman–Crippen MR) is 173 cm³/mol. The largest absolute Gasteiger partial charge is 0.508 e. The molecule has 2 aromatic rings. The van der Waals surface area contributed by atoms with Crippen molar-refractivity contribution in [1.29, 1.82) is 0 Å². The Kier molecular flexibility index (Phi) is 9.55. The lowest BCUT2D eigenvalue weighted by Gasteiger charge is -2.33. The van der Waals surface area contributed by atoms with Gasteiger partial charge in [0.25, 0.3) is 0 Å². The molecule has 0 amide bonds. The Balaban J connectivity index is 0.000000240. The van der Waals surface area contributed by atoms with Gasteiger partial charge in [-0.05, 0) is 77.9 Å². The Hall–Kier alpha value is -2.52. The molecule has 44 heavy (non-hydrogen) atoms. The van der Waals surface area contributed by atoms with Crippen LogP contribution < -0.4 is 10.6 Å². The molecule has 2 fully saturated rings. The Morgan fingerprint density at radius 3 is 1.52 bits per heavy atom. The standard InChI is InChI=1S/C15H20BrFN2O2S.C15H21FN2O3S/c1-10-14(2,3)22(20,21)19(5)9-15(4,18-10)12-8-11(16)6-7-13(12)17;1-10-14(2,3)22(20,21)18(5)9-15(4,17-10)12-8-11(19)6-7-13(12)16/h6-8,18H,1,9H2,2-5H3;6-8,17,19H,1,9H2,2-5H3/t2*15-/m00/s1. The zero-order valence-electron chi connectivity index (χ0n) is 26.2. The number of phenolic OH excluding ortho intramolecular Hbond substituents is 1. The molecule has 2 saturated heterocycles. The van der Waals surface area contributed by atoms with Crippen LogP contribution in [0.2, 0.25) is 0 Å². The number of hydrogen-bond donors (Lipinski definition) is 3. The van der Waals surface area contributed by atoms with Crippen molar-refractivity contribution in [3.8, 4) is 5.75 Å². The Labute approximate surface area is 268 Å². The minimum atomic E-state index is -3.64. The van der Waals surface area contributed by atoms with Crippen LogP contribution in [0, 0.1) is 11.6 Å². The summed E-state index contributed by atoms with van der Waals surface area (Å²) in [6.45, 7) is 17.6. The van der Waals surface area contributed by atoms with E-state index in [1.807, 2.05) is 0 Å². The summed E-state index contributed by atoms with van der Waals surface area (Å²) in [6.07, 6.45) is 0. The molecule has 0 radical (unpaired) electrons. The van der Waals surface area contributed by atoms with Crippen molar-refractivity contribution >= 4 is 36.0 Å². The Morgan fingerprint density at radius 2 is 1.11 bits per heavy atom. The molecule has 14 heteroatoms. The van der Waals surface area contributed by atoms with Crippen molar-refractivity contribution in [2.75, 3.05) is 27.2 Å². The molecule has 4 rings (SSSR count). The maximum absolute atomic E-state index is 14.3. The smallest absolute Gasteiger partial charge is 0.224 e. The topological polar surface area (TPSA) is 119 Å². The molecule has 2 aromatic carbocycles. The molecule has 9 nitrogen and oxygen atoms in total. The number of rotatable bonds is 2. The second kappa shape index (κ2) is 11.7. The van der Waals surface area contributed by atoms with Crippen LogP contribution in [-0.4, -0.2) is 67.2 Å². The molecular formula is C30H41BrF2N4O5S2. The molecule has 244 valence electrons. The lowest BCUT2D eigenvalue weighted by atomic mass is 9.90. The summed E-state index contributed by atoms with van der Waals surface area (Å²) in [7, 11) is -4.27. The Morgan fingerprint density at radius 1 is 0.750 bits per heavy atom. The van der Waals surface area contributed by atoms with Gasteiger partial charge in [0, 0.05) is 54.2 Å². The van der Waals surface area contributed by atoms with Crippen LogP contribution in [0.3, 0.4) is 0 Å². The highest BCUT2D eigenvalue weighted by molar-refractivity contribution is 9.10. The zero-order chi connectivity index (χ0) is 33.8. The van der Waals surface area contributed by atoms with Gasteiger partial charge in [0.15, 0.2) is 0 Å². The summed E-state index contributed by atoms with van der Waals surface area (Å²) in [6, 6.07) is 8.34. The van der Waals surface area contributed by atoms with E-state index < -0.39 is 52.3 Å². The molecule has 3 N–H and O–H groups in total. The predicted octanol–water partition coefficient (Wildman–Crippen LogP) is 4.86. The summed E-state index contributed by atoms with van der Waals surface area (Å²) in [5.41, 5.74) is -0.757. The third-order valence-corrected chi connectivity index (χ3v) is 14.0. The summed E-state index contributed by atoms with van der Waals surface area (Å²) in [5.74, 6) is -0.998. The third kappa shape index (κ3) is 6.15. The molecule has 2 aliphatic heterocycles. The normalized spacial score (nSPS) is 28.0. The van der Waals surface area contributed by atoms with Crippen LogP contribution in [0.1, 0.15) is 52.7 Å². The number of sulfonamides is 2. The number of benzene rings is 2. The molecule has 0 spiro atoms.